The van der Waals surface area contributed by atoms with Gasteiger partial charge in [0.1, 0.15) is 0 Å². The van der Waals surface area contributed by atoms with Crippen LogP contribution in [-0.4, -0.2) is 0 Å². The molecule has 0 heterocycles. The zero-order valence-corrected chi connectivity index (χ0v) is 19.1. The summed E-state index contributed by atoms with van der Waals surface area (Å²) in [6.07, 6.45) is 0. The van der Waals surface area contributed by atoms with E-state index < -0.39 is 0 Å². The van der Waals surface area contributed by atoms with Crippen LogP contribution in [0, 0.1) is 0 Å². The average molecular weight is 421 g/mol. The van der Waals surface area contributed by atoms with Crippen molar-refractivity contribution in [2.45, 2.75) is 38.5 Å². The van der Waals surface area contributed by atoms with Crippen LogP contribution in [0.15, 0.2) is 78.9 Å². The molecular weight excluding hydrogens is 396 g/mol. The summed E-state index contributed by atoms with van der Waals surface area (Å²) in [5, 5.41) is 0.809. The van der Waals surface area contributed by atoms with E-state index in [9.17, 15) is 0 Å². The van der Waals surface area contributed by atoms with Crippen LogP contribution < -0.4 is 0 Å². The normalized spacial score (nSPS) is 16.4. The molecule has 0 saturated carbocycles. The molecular formula is C30H25Cl. The third-order valence-corrected chi connectivity index (χ3v) is 7.76. The summed E-state index contributed by atoms with van der Waals surface area (Å²) in [5.41, 5.74) is 13.6. The minimum absolute atomic E-state index is 0.0610. The van der Waals surface area contributed by atoms with Gasteiger partial charge in [-0.1, -0.05) is 106 Å². The summed E-state index contributed by atoms with van der Waals surface area (Å²) < 4.78 is 0. The molecule has 2 aliphatic rings. The minimum Gasteiger partial charge on any atom is -0.0843 e. The lowest BCUT2D eigenvalue weighted by Gasteiger charge is -2.25. The zero-order chi connectivity index (χ0) is 21.5. The molecule has 31 heavy (non-hydrogen) atoms. The topological polar surface area (TPSA) is 0 Å². The Kier molecular flexibility index (Phi) is 3.73. The number of hydrogen-bond acceptors (Lipinski definition) is 0. The van der Waals surface area contributed by atoms with Gasteiger partial charge in [0.25, 0.3) is 0 Å². The van der Waals surface area contributed by atoms with E-state index in [2.05, 4.69) is 100 Å². The van der Waals surface area contributed by atoms with E-state index in [4.69, 9.17) is 11.6 Å². The van der Waals surface area contributed by atoms with E-state index in [0.29, 0.717) is 0 Å². The van der Waals surface area contributed by atoms with Crippen molar-refractivity contribution in [3.05, 3.63) is 106 Å². The Labute approximate surface area is 189 Å². The van der Waals surface area contributed by atoms with E-state index in [1.807, 2.05) is 6.07 Å². The Morgan fingerprint density at radius 2 is 1.19 bits per heavy atom. The Hall–Kier alpha value is -2.83. The van der Waals surface area contributed by atoms with Crippen molar-refractivity contribution in [3.63, 3.8) is 0 Å². The smallest absolute Gasteiger partial charge is 0.0409 e. The van der Waals surface area contributed by atoms with E-state index >= 15 is 0 Å². The summed E-state index contributed by atoms with van der Waals surface area (Å²) in [5.74, 6) is 0. The van der Waals surface area contributed by atoms with Gasteiger partial charge in [0.2, 0.25) is 0 Å². The van der Waals surface area contributed by atoms with Gasteiger partial charge in [-0.3, -0.25) is 0 Å². The molecule has 0 aliphatic heterocycles. The Morgan fingerprint density at radius 1 is 0.548 bits per heavy atom. The molecule has 2 aliphatic carbocycles. The van der Waals surface area contributed by atoms with Gasteiger partial charge in [-0.2, -0.15) is 0 Å². The third kappa shape index (κ3) is 2.37. The summed E-state index contributed by atoms with van der Waals surface area (Å²) in [7, 11) is 0. The first-order chi connectivity index (χ1) is 14.8. The first-order valence-electron chi connectivity index (χ1n) is 11.0. The summed E-state index contributed by atoms with van der Waals surface area (Å²) >= 11 is 6.43. The fraction of sp³-hybridized carbons (Fsp3) is 0.200. The molecule has 4 aromatic rings. The van der Waals surface area contributed by atoms with Gasteiger partial charge < -0.3 is 0 Å². The van der Waals surface area contributed by atoms with Crippen molar-refractivity contribution in [3.8, 4) is 33.4 Å². The standard InChI is InChI=1S/C30H25Cl/c1-29(2)23-15-16-24-27(26(23)21-14-13-19(31)17-25(21)29)22-12-8-11-20(28(22)30(24,3)4)18-9-6-5-7-10-18/h5-17H,1-4H3. The number of halogens is 1. The maximum absolute atomic E-state index is 6.43. The van der Waals surface area contributed by atoms with Crippen molar-refractivity contribution in [2.24, 2.45) is 0 Å². The zero-order valence-electron chi connectivity index (χ0n) is 18.4. The first-order valence-corrected chi connectivity index (χ1v) is 11.4. The van der Waals surface area contributed by atoms with Crippen LogP contribution in [-0.2, 0) is 10.8 Å². The maximum atomic E-state index is 6.43. The molecule has 0 fully saturated rings. The molecule has 0 N–H and O–H groups in total. The van der Waals surface area contributed by atoms with Crippen molar-refractivity contribution < 1.29 is 0 Å². The largest absolute Gasteiger partial charge is 0.0843 e. The second-order valence-corrected chi connectivity index (χ2v) is 10.4. The Morgan fingerprint density at radius 3 is 1.94 bits per heavy atom. The lowest BCUT2D eigenvalue weighted by atomic mass is 9.77. The number of hydrogen-bond donors (Lipinski definition) is 0. The molecule has 152 valence electrons. The Balaban J connectivity index is 1.72. The third-order valence-electron chi connectivity index (χ3n) is 7.52. The molecule has 0 bridgehead atoms. The molecule has 0 aromatic heterocycles. The monoisotopic (exact) mass is 420 g/mol. The highest BCUT2D eigenvalue weighted by Crippen LogP contribution is 2.60. The number of rotatable bonds is 1. The van der Waals surface area contributed by atoms with Crippen molar-refractivity contribution >= 4 is 11.6 Å². The van der Waals surface area contributed by atoms with Crippen molar-refractivity contribution in [1.82, 2.24) is 0 Å². The number of benzene rings is 4. The SMILES string of the molecule is CC1(C)c2cc(Cl)ccc2-c2c1ccc1c2-c2cccc(-c3ccccc3)c2C1(C)C. The van der Waals surface area contributed by atoms with Crippen LogP contribution in [0.2, 0.25) is 5.02 Å². The highest BCUT2D eigenvalue weighted by atomic mass is 35.5. The summed E-state index contributed by atoms with van der Waals surface area (Å²) in [6.45, 7) is 9.39. The number of fused-ring (bicyclic) bond motifs is 7. The van der Waals surface area contributed by atoms with E-state index in [1.165, 1.54) is 55.6 Å². The molecule has 0 spiro atoms. The highest BCUT2D eigenvalue weighted by molar-refractivity contribution is 6.30. The van der Waals surface area contributed by atoms with E-state index in [-0.39, 0.29) is 10.8 Å². The molecule has 1 heteroatoms. The molecule has 4 aromatic carbocycles. The molecule has 0 radical (unpaired) electrons. The molecule has 0 amide bonds. The van der Waals surface area contributed by atoms with Gasteiger partial charge in [-0.25, -0.2) is 0 Å². The molecule has 0 saturated heterocycles. The minimum atomic E-state index is -0.0640. The van der Waals surface area contributed by atoms with Crippen LogP contribution in [0.1, 0.15) is 49.9 Å². The highest BCUT2D eigenvalue weighted by Gasteiger charge is 2.44. The van der Waals surface area contributed by atoms with Crippen molar-refractivity contribution in [2.75, 3.05) is 0 Å². The molecule has 0 atom stereocenters. The van der Waals surface area contributed by atoms with Crippen molar-refractivity contribution in [1.29, 1.82) is 0 Å². The van der Waals surface area contributed by atoms with Crippen LogP contribution in [0.3, 0.4) is 0 Å². The molecule has 0 nitrogen and oxygen atoms in total. The summed E-state index contributed by atoms with van der Waals surface area (Å²) in [4.78, 5) is 0. The van der Waals surface area contributed by atoms with E-state index in [0.717, 1.165) is 5.02 Å². The lowest BCUT2D eigenvalue weighted by molar-refractivity contribution is 0.651. The van der Waals surface area contributed by atoms with Crippen LogP contribution >= 0.6 is 11.6 Å². The summed E-state index contributed by atoms with van der Waals surface area (Å²) in [6, 6.07) is 28.7. The van der Waals surface area contributed by atoms with Gasteiger partial charge in [0, 0.05) is 15.9 Å². The predicted octanol–water partition coefficient (Wildman–Crippen LogP) is 8.62. The fourth-order valence-corrected chi connectivity index (χ4v) is 6.20. The quantitative estimate of drug-likeness (QED) is 0.289. The fourth-order valence-electron chi connectivity index (χ4n) is 6.03. The van der Waals surface area contributed by atoms with Gasteiger partial charge in [0.05, 0.1) is 0 Å². The lowest BCUT2D eigenvalue weighted by Crippen LogP contribution is -2.17. The van der Waals surface area contributed by atoms with Gasteiger partial charge in [0.15, 0.2) is 0 Å². The maximum Gasteiger partial charge on any atom is 0.0409 e. The average Bonchev–Trinajstić information content (AvgIpc) is 3.14. The van der Waals surface area contributed by atoms with Gasteiger partial charge >= 0.3 is 0 Å². The molecule has 6 rings (SSSR count). The van der Waals surface area contributed by atoms with Crippen LogP contribution in [0.4, 0.5) is 0 Å². The second kappa shape index (κ2) is 6.11. The second-order valence-electron chi connectivity index (χ2n) is 9.94. The first kappa shape index (κ1) is 18.9. The Bertz CT molecular complexity index is 1370. The molecule has 0 unspecified atom stereocenters. The van der Waals surface area contributed by atoms with Crippen LogP contribution in [0.5, 0.6) is 0 Å². The predicted molar refractivity (Wildman–Crippen MR) is 132 cm³/mol. The van der Waals surface area contributed by atoms with E-state index in [1.54, 1.807) is 0 Å². The van der Waals surface area contributed by atoms with Gasteiger partial charge in [-0.15, -0.1) is 0 Å². The van der Waals surface area contributed by atoms with Crippen LogP contribution in [0.25, 0.3) is 33.4 Å². The van der Waals surface area contributed by atoms with Gasteiger partial charge in [-0.05, 0) is 67.8 Å².